The van der Waals surface area contributed by atoms with Gasteiger partial charge >= 0.3 is 0 Å². The Morgan fingerprint density at radius 3 is 2.76 bits per heavy atom. The van der Waals surface area contributed by atoms with Crippen LogP contribution in [0.5, 0.6) is 0 Å². The molecule has 0 saturated carbocycles. The smallest absolute Gasteiger partial charge is 0.191 e. The number of hydrogen-bond acceptors (Lipinski definition) is 3. The number of rotatable bonds is 7. The van der Waals surface area contributed by atoms with Crippen LogP contribution in [0.3, 0.4) is 0 Å². The Balaban J connectivity index is 1.70. The number of guanidine groups is 1. The fourth-order valence-electron chi connectivity index (χ4n) is 2.99. The van der Waals surface area contributed by atoms with Crippen molar-refractivity contribution in [2.75, 3.05) is 13.1 Å². The van der Waals surface area contributed by atoms with Crippen molar-refractivity contribution in [3.8, 4) is 5.69 Å². The second-order valence-corrected chi connectivity index (χ2v) is 6.67. The van der Waals surface area contributed by atoms with Gasteiger partial charge in [0.25, 0.3) is 0 Å². The summed E-state index contributed by atoms with van der Waals surface area (Å²) in [7, 11) is 0. The van der Waals surface area contributed by atoms with Gasteiger partial charge in [0.05, 0.1) is 18.3 Å². The maximum atomic E-state index is 13.9. The topological polar surface area (TPSA) is 74.5 Å². The molecule has 6 nitrogen and oxygen atoms in total. The first-order chi connectivity index (χ1) is 14.1. The minimum absolute atomic E-state index is 0.0334. The van der Waals surface area contributed by atoms with E-state index < -0.39 is 11.9 Å². The van der Waals surface area contributed by atoms with Gasteiger partial charge in [0.15, 0.2) is 5.96 Å². The molecule has 3 rings (SSSR count). The fourth-order valence-corrected chi connectivity index (χ4v) is 2.99. The van der Waals surface area contributed by atoms with Gasteiger partial charge in [-0.25, -0.2) is 9.07 Å². The second-order valence-electron chi connectivity index (χ2n) is 6.67. The zero-order chi connectivity index (χ0) is 20.6. The molecular weight excluding hydrogens is 369 g/mol. The Labute approximate surface area is 170 Å². The van der Waals surface area contributed by atoms with Crippen LogP contribution in [-0.4, -0.2) is 33.9 Å². The summed E-state index contributed by atoms with van der Waals surface area (Å²) >= 11 is 0. The summed E-state index contributed by atoms with van der Waals surface area (Å²) in [5, 5.41) is 21.1. The maximum absolute atomic E-state index is 13.9. The lowest BCUT2D eigenvalue weighted by Crippen LogP contribution is -2.39. The van der Waals surface area contributed by atoms with E-state index in [-0.39, 0.29) is 18.2 Å². The molecule has 7 heteroatoms. The van der Waals surface area contributed by atoms with Gasteiger partial charge in [0.2, 0.25) is 0 Å². The predicted octanol–water partition coefficient (Wildman–Crippen LogP) is 3.36. The molecule has 0 fully saturated rings. The zero-order valence-corrected chi connectivity index (χ0v) is 16.6. The highest BCUT2D eigenvalue weighted by Gasteiger charge is 2.13. The molecule has 0 spiro atoms. The van der Waals surface area contributed by atoms with E-state index in [0.717, 1.165) is 11.3 Å². The van der Waals surface area contributed by atoms with E-state index in [9.17, 15) is 9.50 Å². The van der Waals surface area contributed by atoms with E-state index in [4.69, 9.17) is 0 Å². The van der Waals surface area contributed by atoms with Crippen LogP contribution in [0.1, 0.15) is 37.1 Å². The lowest BCUT2D eigenvalue weighted by molar-refractivity contribution is 0.182. The van der Waals surface area contributed by atoms with Crippen molar-refractivity contribution in [2.24, 2.45) is 4.99 Å². The summed E-state index contributed by atoms with van der Waals surface area (Å²) in [5.41, 5.74) is 2.28. The third kappa shape index (κ3) is 5.42. The molecule has 1 heterocycles. The largest absolute Gasteiger partial charge is 0.386 e. The van der Waals surface area contributed by atoms with Crippen molar-refractivity contribution in [3.05, 3.63) is 83.9 Å². The number of nitrogens with one attached hydrogen (secondary N) is 2. The van der Waals surface area contributed by atoms with Crippen molar-refractivity contribution in [2.45, 2.75) is 26.0 Å². The first-order valence-electron chi connectivity index (χ1n) is 9.65. The second kappa shape index (κ2) is 9.84. The molecule has 2 atom stereocenters. The third-order valence-electron chi connectivity index (χ3n) is 4.52. The normalized spacial score (nSPS) is 13.7. The highest BCUT2D eigenvalue weighted by molar-refractivity contribution is 5.80. The number of aliphatic hydroxyl groups excluding tert-OH is 1. The monoisotopic (exact) mass is 395 g/mol. The third-order valence-corrected chi connectivity index (χ3v) is 4.52. The summed E-state index contributed by atoms with van der Waals surface area (Å²) in [6.07, 6.45) is 2.63. The van der Waals surface area contributed by atoms with Gasteiger partial charge in [0, 0.05) is 24.5 Å². The number of halogens is 1. The summed E-state index contributed by atoms with van der Waals surface area (Å²) < 4.78 is 15.7. The molecule has 3 N–H and O–H groups in total. The average Bonchev–Trinajstić information content (AvgIpc) is 3.27. The van der Waals surface area contributed by atoms with Gasteiger partial charge in [-0.2, -0.15) is 5.10 Å². The minimum atomic E-state index is -1.01. The number of nitrogens with zero attached hydrogens (tertiary/aromatic N) is 3. The Morgan fingerprint density at radius 2 is 2.03 bits per heavy atom. The van der Waals surface area contributed by atoms with Crippen LogP contribution in [0.4, 0.5) is 4.39 Å². The lowest BCUT2D eigenvalue weighted by Gasteiger charge is -2.19. The average molecular weight is 395 g/mol. The van der Waals surface area contributed by atoms with E-state index >= 15 is 0 Å². The SMILES string of the molecule is CCNC(=NCC(O)c1ccccc1F)NC(C)c1cccc(-n2cccn2)c1. The zero-order valence-electron chi connectivity index (χ0n) is 16.6. The highest BCUT2D eigenvalue weighted by atomic mass is 19.1. The summed E-state index contributed by atoms with van der Waals surface area (Å²) in [5.74, 6) is 0.122. The molecule has 3 aromatic rings. The van der Waals surface area contributed by atoms with Gasteiger partial charge in [-0.15, -0.1) is 0 Å². The molecule has 0 radical (unpaired) electrons. The molecule has 1 aromatic heterocycles. The van der Waals surface area contributed by atoms with E-state index in [1.807, 2.05) is 44.3 Å². The van der Waals surface area contributed by atoms with Crippen LogP contribution < -0.4 is 10.6 Å². The summed E-state index contributed by atoms with van der Waals surface area (Å²) in [6.45, 7) is 4.72. The molecule has 0 aliphatic rings. The quantitative estimate of drug-likeness (QED) is 0.424. The number of aliphatic imine (C=N–C) groups is 1. The molecule has 0 bridgehead atoms. The van der Waals surface area contributed by atoms with Gasteiger partial charge in [0.1, 0.15) is 11.9 Å². The number of aromatic nitrogens is 2. The van der Waals surface area contributed by atoms with Gasteiger partial charge in [-0.1, -0.05) is 30.3 Å². The number of aliphatic hydroxyl groups is 1. The summed E-state index contributed by atoms with van der Waals surface area (Å²) in [6, 6.07) is 16.1. The van der Waals surface area contributed by atoms with E-state index in [1.165, 1.54) is 6.07 Å². The Hall–Kier alpha value is -3.19. The Kier molecular flexibility index (Phi) is 6.97. The van der Waals surface area contributed by atoms with Gasteiger partial charge in [-0.3, -0.25) is 4.99 Å². The van der Waals surface area contributed by atoms with E-state index in [1.54, 1.807) is 29.1 Å². The molecular formula is C22H26FN5O. The van der Waals surface area contributed by atoms with E-state index in [2.05, 4.69) is 26.8 Å². The molecule has 29 heavy (non-hydrogen) atoms. The predicted molar refractivity (Wildman–Crippen MR) is 112 cm³/mol. The van der Waals surface area contributed by atoms with Crippen LogP contribution in [0.15, 0.2) is 72.0 Å². The maximum Gasteiger partial charge on any atom is 0.191 e. The standard InChI is InChI=1S/C22H26FN5O/c1-3-24-22(25-15-21(29)19-10-4-5-11-20(19)23)27-16(2)17-8-6-9-18(14-17)28-13-7-12-26-28/h4-14,16,21,29H,3,15H2,1-2H3,(H2,24,25,27). The lowest BCUT2D eigenvalue weighted by atomic mass is 10.1. The molecule has 152 valence electrons. The van der Waals surface area contributed by atoms with E-state index in [0.29, 0.717) is 12.5 Å². The molecule has 0 saturated heterocycles. The molecule has 0 aliphatic heterocycles. The van der Waals surface area contributed by atoms with Crippen LogP contribution in [-0.2, 0) is 0 Å². The Morgan fingerprint density at radius 1 is 1.21 bits per heavy atom. The number of hydrogen-bond donors (Lipinski definition) is 3. The van der Waals surface area contributed by atoms with Gasteiger partial charge in [-0.05, 0) is 43.7 Å². The van der Waals surface area contributed by atoms with Crippen LogP contribution >= 0.6 is 0 Å². The summed E-state index contributed by atoms with van der Waals surface area (Å²) in [4.78, 5) is 4.43. The van der Waals surface area contributed by atoms with Gasteiger partial charge < -0.3 is 15.7 Å². The number of benzene rings is 2. The first-order valence-corrected chi connectivity index (χ1v) is 9.65. The molecule has 0 amide bonds. The molecule has 2 aromatic carbocycles. The Bertz CT molecular complexity index is 942. The van der Waals surface area contributed by atoms with Crippen molar-refractivity contribution in [1.29, 1.82) is 0 Å². The first kappa shape index (κ1) is 20.5. The highest BCUT2D eigenvalue weighted by Crippen LogP contribution is 2.18. The van der Waals surface area contributed by atoms with Crippen LogP contribution in [0.25, 0.3) is 5.69 Å². The van der Waals surface area contributed by atoms with Crippen molar-refractivity contribution in [3.63, 3.8) is 0 Å². The van der Waals surface area contributed by atoms with Crippen LogP contribution in [0.2, 0.25) is 0 Å². The van der Waals surface area contributed by atoms with Crippen molar-refractivity contribution >= 4 is 5.96 Å². The fraction of sp³-hybridized carbons (Fsp3) is 0.273. The van der Waals surface area contributed by atoms with Crippen LogP contribution in [0, 0.1) is 5.82 Å². The van der Waals surface area contributed by atoms with Crippen molar-refractivity contribution < 1.29 is 9.50 Å². The minimum Gasteiger partial charge on any atom is -0.386 e. The van der Waals surface area contributed by atoms with Crippen molar-refractivity contribution in [1.82, 2.24) is 20.4 Å². The molecule has 2 unspecified atom stereocenters. The molecule has 0 aliphatic carbocycles.